The summed E-state index contributed by atoms with van der Waals surface area (Å²) in [6.45, 7) is 0. The molecular formula is C6H11ClMn-. The molecule has 1 aliphatic rings. The Morgan fingerprint density at radius 3 is 1.50 bits per heavy atom. The van der Waals surface area contributed by atoms with Gasteiger partial charge in [0.05, 0.1) is 0 Å². The van der Waals surface area contributed by atoms with E-state index in [1.807, 2.05) is 0 Å². The van der Waals surface area contributed by atoms with Crippen molar-refractivity contribution >= 4 is 0 Å². The standard InChI is InChI=1S/C6H11.ClH.Mn/c1-2-4-6-5-3-1;;/h1H,2-6H2;1H;/p-1. The second kappa shape index (κ2) is 7.81. The molecule has 0 atom stereocenters. The summed E-state index contributed by atoms with van der Waals surface area (Å²) in [4.78, 5) is 0. The fourth-order valence-corrected chi connectivity index (χ4v) is 0.898. The normalized spacial score (nSPS) is 18.0. The van der Waals surface area contributed by atoms with E-state index in [9.17, 15) is 0 Å². The minimum Gasteiger partial charge on any atom is -1.00 e. The minimum atomic E-state index is 0. The summed E-state index contributed by atoms with van der Waals surface area (Å²) in [7, 11) is 0. The Labute approximate surface area is 68.3 Å². The fraction of sp³-hybridized carbons (Fsp3) is 0.833. The average Bonchev–Trinajstić information content (AvgIpc) is 1.72. The van der Waals surface area contributed by atoms with Crippen molar-refractivity contribution in [3.05, 3.63) is 6.42 Å². The van der Waals surface area contributed by atoms with Gasteiger partial charge in [0.25, 0.3) is 0 Å². The summed E-state index contributed by atoms with van der Waals surface area (Å²) in [5.74, 6) is 0. The molecular weight excluding hydrogens is 162 g/mol. The molecule has 1 rings (SSSR count). The van der Waals surface area contributed by atoms with Gasteiger partial charge in [-0.25, -0.2) is 0 Å². The number of halogens is 1. The topological polar surface area (TPSA) is 0 Å². The SMILES string of the molecule is [CH]1CCCCC1.[Cl-].[Mn]. The van der Waals surface area contributed by atoms with Crippen LogP contribution in [0.25, 0.3) is 0 Å². The smallest absolute Gasteiger partial charge is 0 e. The van der Waals surface area contributed by atoms with E-state index in [1.165, 1.54) is 32.1 Å². The third kappa shape index (κ3) is 4.96. The summed E-state index contributed by atoms with van der Waals surface area (Å²) in [5.41, 5.74) is 0. The first-order valence-electron chi connectivity index (χ1n) is 2.82. The molecule has 0 nitrogen and oxygen atoms in total. The van der Waals surface area contributed by atoms with Crippen molar-refractivity contribution < 1.29 is 29.5 Å². The van der Waals surface area contributed by atoms with Crippen molar-refractivity contribution in [2.24, 2.45) is 0 Å². The van der Waals surface area contributed by atoms with Crippen LogP contribution in [0.1, 0.15) is 32.1 Å². The van der Waals surface area contributed by atoms with Crippen molar-refractivity contribution in [3.63, 3.8) is 0 Å². The predicted molar refractivity (Wildman–Crippen MR) is 27.4 cm³/mol. The van der Waals surface area contributed by atoms with Gasteiger partial charge in [0.1, 0.15) is 0 Å². The molecule has 50 valence electrons. The third-order valence-corrected chi connectivity index (χ3v) is 1.32. The van der Waals surface area contributed by atoms with E-state index in [-0.39, 0.29) is 29.5 Å². The molecule has 0 aromatic rings. The zero-order valence-electron chi connectivity index (χ0n) is 4.87. The summed E-state index contributed by atoms with van der Waals surface area (Å²) in [6, 6.07) is 0. The van der Waals surface area contributed by atoms with Crippen LogP contribution in [0.2, 0.25) is 0 Å². The van der Waals surface area contributed by atoms with Crippen LogP contribution in [0.4, 0.5) is 0 Å². The molecule has 0 saturated heterocycles. The fourth-order valence-electron chi connectivity index (χ4n) is 0.898. The molecule has 1 fully saturated rings. The molecule has 0 aromatic carbocycles. The van der Waals surface area contributed by atoms with Crippen molar-refractivity contribution in [2.75, 3.05) is 0 Å². The van der Waals surface area contributed by atoms with Gasteiger partial charge in [-0.3, -0.25) is 0 Å². The quantitative estimate of drug-likeness (QED) is 0.419. The van der Waals surface area contributed by atoms with Gasteiger partial charge in [-0.15, -0.1) is 0 Å². The first-order valence-corrected chi connectivity index (χ1v) is 2.82. The van der Waals surface area contributed by atoms with E-state index < -0.39 is 0 Å². The molecule has 0 aromatic heterocycles. The van der Waals surface area contributed by atoms with Gasteiger partial charge in [0.2, 0.25) is 0 Å². The molecule has 1 saturated carbocycles. The van der Waals surface area contributed by atoms with Gasteiger partial charge >= 0.3 is 0 Å². The number of hydrogen-bond donors (Lipinski definition) is 0. The van der Waals surface area contributed by atoms with Gasteiger partial charge in [-0.05, 0) is 6.42 Å². The van der Waals surface area contributed by atoms with Gasteiger partial charge in [-0.1, -0.05) is 32.1 Å². The Morgan fingerprint density at radius 1 is 0.875 bits per heavy atom. The van der Waals surface area contributed by atoms with E-state index in [1.54, 1.807) is 0 Å². The van der Waals surface area contributed by atoms with Crippen molar-refractivity contribution in [2.45, 2.75) is 32.1 Å². The zero-order chi connectivity index (χ0) is 4.24. The van der Waals surface area contributed by atoms with Crippen LogP contribution in [-0.2, 0) is 17.1 Å². The van der Waals surface area contributed by atoms with E-state index in [0.29, 0.717) is 0 Å². The van der Waals surface area contributed by atoms with Crippen LogP contribution in [0.5, 0.6) is 0 Å². The van der Waals surface area contributed by atoms with Crippen LogP contribution in [-0.4, -0.2) is 0 Å². The van der Waals surface area contributed by atoms with E-state index >= 15 is 0 Å². The maximum Gasteiger partial charge on any atom is 0 e. The summed E-state index contributed by atoms with van der Waals surface area (Å²) >= 11 is 0. The molecule has 0 heterocycles. The monoisotopic (exact) mass is 173 g/mol. The van der Waals surface area contributed by atoms with E-state index in [2.05, 4.69) is 6.42 Å². The van der Waals surface area contributed by atoms with Crippen molar-refractivity contribution in [1.82, 2.24) is 0 Å². The molecule has 0 spiro atoms. The molecule has 8 heavy (non-hydrogen) atoms. The van der Waals surface area contributed by atoms with Gasteiger partial charge < -0.3 is 12.4 Å². The number of rotatable bonds is 0. The van der Waals surface area contributed by atoms with Crippen LogP contribution in [0.15, 0.2) is 0 Å². The van der Waals surface area contributed by atoms with Crippen LogP contribution >= 0.6 is 0 Å². The van der Waals surface area contributed by atoms with Gasteiger partial charge in [0, 0.05) is 17.1 Å². The average molecular weight is 174 g/mol. The van der Waals surface area contributed by atoms with Gasteiger partial charge in [0.15, 0.2) is 0 Å². The molecule has 2 radical (unpaired) electrons. The second-order valence-electron chi connectivity index (χ2n) is 1.93. The second-order valence-corrected chi connectivity index (χ2v) is 1.93. The Balaban J connectivity index is 0. The third-order valence-electron chi connectivity index (χ3n) is 1.32. The first-order chi connectivity index (χ1) is 3.00. The predicted octanol–water partition coefficient (Wildman–Crippen LogP) is -0.844. The van der Waals surface area contributed by atoms with Gasteiger partial charge in [-0.2, -0.15) is 0 Å². The van der Waals surface area contributed by atoms with Crippen LogP contribution < -0.4 is 12.4 Å². The Kier molecular flexibility index (Phi) is 11.3. The first kappa shape index (κ1) is 11.6. The Bertz CT molecular complexity index is 24.0. The minimum absolute atomic E-state index is 0. The molecule has 0 bridgehead atoms. The van der Waals surface area contributed by atoms with Crippen molar-refractivity contribution in [1.29, 1.82) is 0 Å². The van der Waals surface area contributed by atoms with Crippen molar-refractivity contribution in [3.8, 4) is 0 Å². The molecule has 0 aliphatic heterocycles. The Morgan fingerprint density at radius 2 is 1.38 bits per heavy atom. The van der Waals surface area contributed by atoms with E-state index in [4.69, 9.17) is 0 Å². The molecule has 2 heteroatoms. The van der Waals surface area contributed by atoms with Crippen LogP contribution in [0.3, 0.4) is 0 Å². The summed E-state index contributed by atoms with van der Waals surface area (Å²) in [6.07, 6.45) is 9.50. The largest absolute Gasteiger partial charge is 1.00 e. The van der Waals surface area contributed by atoms with E-state index in [0.717, 1.165) is 0 Å². The number of hydrogen-bond acceptors (Lipinski definition) is 0. The maximum absolute atomic E-state index is 2.39. The zero-order valence-corrected chi connectivity index (χ0v) is 6.81. The molecule has 1 aliphatic carbocycles. The molecule has 0 amide bonds. The molecule has 0 N–H and O–H groups in total. The summed E-state index contributed by atoms with van der Waals surface area (Å²) in [5, 5.41) is 0. The summed E-state index contributed by atoms with van der Waals surface area (Å²) < 4.78 is 0. The Hall–Kier alpha value is 0.809. The molecule has 0 unspecified atom stereocenters. The maximum atomic E-state index is 2.39. The van der Waals surface area contributed by atoms with Crippen LogP contribution in [0, 0.1) is 6.42 Å².